The largest absolute Gasteiger partial charge is 0.493 e. The van der Waals surface area contributed by atoms with Gasteiger partial charge in [-0.1, -0.05) is 0 Å². The Morgan fingerprint density at radius 3 is 2.76 bits per heavy atom. The second kappa shape index (κ2) is 7.91. The Balaban J connectivity index is 1.94. The predicted molar refractivity (Wildman–Crippen MR) is 113 cm³/mol. The number of ether oxygens (including phenoxy) is 3. The molecule has 4 rings (SSSR count). The number of carbonyl (C=O) groups excluding carboxylic acids is 1. The Labute approximate surface area is 174 Å². The highest BCUT2D eigenvalue weighted by atomic mass is 32.1. The van der Waals surface area contributed by atoms with Crippen molar-refractivity contribution in [3.8, 4) is 27.8 Å². The number of esters is 1. The van der Waals surface area contributed by atoms with E-state index in [1.165, 1.54) is 0 Å². The summed E-state index contributed by atoms with van der Waals surface area (Å²) in [6, 6.07) is 8.01. The maximum absolute atomic E-state index is 12.6. The highest BCUT2D eigenvalue weighted by molar-refractivity contribution is 7.12. The first-order chi connectivity index (χ1) is 14.0. The summed E-state index contributed by atoms with van der Waals surface area (Å²) in [7, 11) is 1.65. The molecule has 7 heteroatoms. The van der Waals surface area contributed by atoms with Gasteiger partial charge in [-0.2, -0.15) is 5.10 Å². The number of rotatable bonds is 6. The molecule has 1 aliphatic rings. The second-order valence-corrected chi connectivity index (χ2v) is 8.01. The number of carbonyl (C=O) groups is 1. The topological polar surface area (TPSA) is 62.6 Å². The molecule has 1 aromatic carbocycles. The van der Waals surface area contributed by atoms with Crippen LogP contribution in [0.2, 0.25) is 0 Å². The third-order valence-electron chi connectivity index (χ3n) is 4.82. The molecule has 2 aromatic heterocycles. The summed E-state index contributed by atoms with van der Waals surface area (Å²) >= 11 is 1.58. The third kappa shape index (κ3) is 3.51. The molecule has 0 fully saturated rings. The van der Waals surface area contributed by atoms with Crippen molar-refractivity contribution in [2.75, 3.05) is 13.7 Å². The van der Waals surface area contributed by atoms with Crippen molar-refractivity contribution in [1.82, 2.24) is 9.78 Å². The van der Waals surface area contributed by atoms with Crippen LogP contribution in [0.25, 0.3) is 16.3 Å². The molecule has 6 nitrogen and oxygen atoms in total. The van der Waals surface area contributed by atoms with E-state index in [9.17, 15) is 4.79 Å². The monoisotopic (exact) mass is 412 g/mol. The molecule has 0 radical (unpaired) electrons. The molecule has 0 saturated carbocycles. The van der Waals surface area contributed by atoms with Crippen LogP contribution >= 0.6 is 11.3 Å². The zero-order valence-electron chi connectivity index (χ0n) is 17.0. The van der Waals surface area contributed by atoms with Crippen molar-refractivity contribution in [2.24, 2.45) is 0 Å². The molecule has 1 aliphatic carbocycles. The van der Waals surface area contributed by atoms with Gasteiger partial charge in [-0.05, 0) is 68.8 Å². The van der Waals surface area contributed by atoms with Crippen LogP contribution in [0.1, 0.15) is 42.4 Å². The van der Waals surface area contributed by atoms with Gasteiger partial charge in [0.1, 0.15) is 5.00 Å². The zero-order valence-corrected chi connectivity index (χ0v) is 17.8. The van der Waals surface area contributed by atoms with Crippen molar-refractivity contribution in [3.63, 3.8) is 0 Å². The number of hydrogen-bond donors (Lipinski definition) is 0. The Bertz CT molecular complexity index is 1040. The fourth-order valence-electron chi connectivity index (χ4n) is 3.67. The van der Waals surface area contributed by atoms with Crippen LogP contribution in [0, 0.1) is 0 Å². The van der Waals surface area contributed by atoms with Gasteiger partial charge in [-0.25, -0.2) is 9.48 Å². The number of aromatic nitrogens is 2. The molecule has 0 spiro atoms. The molecule has 0 atom stereocenters. The Morgan fingerprint density at radius 2 is 2.10 bits per heavy atom. The molecule has 0 aliphatic heterocycles. The molecule has 2 heterocycles. The zero-order chi connectivity index (χ0) is 20.5. The molecule has 3 aromatic rings. The molecule has 0 unspecified atom stereocenters. The number of hydrogen-bond acceptors (Lipinski definition) is 6. The molecule has 0 saturated heterocycles. The molecular formula is C22H24N2O4S. The first kappa shape index (κ1) is 19.5. The third-order valence-corrected chi connectivity index (χ3v) is 5.66. The van der Waals surface area contributed by atoms with Gasteiger partial charge in [0.15, 0.2) is 17.2 Å². The summed E-state index contributed by atoms with van der Waals surface area (Å²) in [5, 5.41) is 7.61. The molecule has 0 amide bonds. The van der Waals surface area contributed by atoms with Gasteiger partial charge in [-0.15, -0.1) is 11.3 Å². The lowest BCUT2D eigenvalue weighted by atomic mass is 9.88. The highest BCUT2D eigenvalue weighted by Crippen LogP contribution is 2.43. The van der Waals surface area contributed by atoms with E-state index in [0.29, 0.717) is 23.8 Å². The number of aryl methyl sites for hydroxylation is 1. The van der Waals surface area contributed by atoms with Crippen molar-refractivity contribution in [2.45, 2.75) is 39.7 Å². The molecular weight excluding hydrogens is 388 g/mol. The minimum atomic E-state index is -0.380. The van der Waals surface area contributed by atoms with Crippen molar-refractivity contribution < 1.29 is 19.0 Å². The van der Waals surface area contributed by atoms with E-state index >= 15 is 0 Å². The number of fused-ring (bicyclic) bond motifs is 3. The number of methoxy groups -OCH3 is 1. The minimum Gasteiger partial charge on any atom is -0.493 e. The first-order valence-electron chi connectivity index (χ1n) is 9.74. The van der Waals surface area contributed by atoms with Crippen LogP contribution in [0.4, 0.5) is 0 Å². The minimum absolute atomic E-state index is 0.0160. The summed E-state index contributed by atoms with van der Waals surface area (Å²) in [6.07, 6.45) is 1.53. The average molecular weight is 413 g/mol. The Kier molecular flexibility index (Phi) is 5.32. The van der Waals surface area contributed by atoms with Crippen LogP contribution in [-0.4, -0.2) is 35.6 Å². The SMILES string of the molecule is CCOC(=O)c1nn(-c2cccs2)c2c1CCc1cc(OC)c(OC(C)C)cc1-2. The van der Waals surface area contributed by atoms with E-state index in [-0.39, 0.29) is 12.1 Å². The smallest absolute Gasteiger partial charge is 0.359 e. The normalized spacial score (nSPS) is 12.4. The van der Waals surface area contributed by atoms with Gasteiger partial charge in [0.05, 0.1) is 25.5 Å². The number of thiophene rings is 1. The van der Waals surface area contributed by atoms with E-state index < -0.39 is 0 Å². The summed E-state index contributed by atoms with van der Waals surface area (Å²) < 4.78 is 18.7. The van der Waals surface area contributed by atoms with E-state index in [4.69, 9.17) is 14.2 Å². The van der Waals surface area contributed by atoms with Crippen molar-refractivity contribution >= 4 is 17.3 Å². The van der Waals surface area contributed by atoms with E-state index in [1.807, 2.05) is 48.2 Å². The van der Waals surface area contributed by atoms with E-state index in [2.05, 4.69) is 5.10 Å². The summed E-state index contributed by atoms with van der Waals surface area (Å²) in [5.74, 6) is 1.02. The first-order valence-corrected chi connectivity index (χ1v) is 10.6. The lowest BCUT2D eigenvalue weighted by Crippen LogP contribution is -2.12. The van der Waals surface area contributed by atoms with Crippen molar-refractivity contribution in [3.05, 3.63) is 46.5 Å². The highest BCUT2D eigenvalue weighted by Gasteiger charge is 2.31. The van der Waals surface area contributed by atoms with Gasteiger partial charge < -0.3 is 14.2 Å². The van der Waals surface area contributed by atoms with E-state index in [0.717, 1.165) is 40.2 Å². The quantitative estimate of drug-likeness (QED) is 0.551. The van der Waals surface area contributed by atoms with Gasteiger partial charge in [0.2, 0.25) is 0 Å². The maximum Gasteiger partial charge on any atom is 0.359 e. The van der Waals surface area contributed by atoms with Crippen LogP contribution in [0.5, 0.6) is 11.5 Å². The molecule has 0 bridgehead atoms. The fourth-order valence-corrected chi connectivity index (χ4v) is 4.36. The van der Waals surface area contributed by atoms with Crippen LogP contribution in [-0.2, 0) is 17.6 Å². The van der Waals surface area contributed by atoms with Gasteiger partial charge in [0.25, 0.3) is 0 Å². The average Bonchev–Trinajstić information content (AvgIpc) is 3.35. The van der Waals surface area contributed by atoms with Crippen LogP contribution in [0.15, 0.2) is 29.6 Å². The van der Waals surface area contributed by atoms with Gasteiger partial charge in [-0.3, -0.25) is 0 Å². The summed E-state index contributed by atoms with van der Waals surface area (Å²) in [4.78, 5) is 12.6. The Hall–Kier alpha value is -2.80. The van der Waals surface area contributed by atoms with E-state index in [1.54, 1.807) is 25.4 Å². The standard InChI is InChI=1S/C22H24N2O4S/c1-5-27-22(25)20-15-9-8-14-11-17(26-4)18(28-13(2)3)12-16(14)21(15)24(23-20)19-7-6-10-29-19/h6-7,10-13H,5,8-9H2,1-4H3. The fraction of sp³-hybridized carbons (Fsp3) is 0.364. The van der Waals surface area contributed by atoms with Crippen LogP contribution < -0.4 is 9.47 Å². The predicted octanol–water partition coefficient (Wildman–Crippen LogP) is 4.67. The molecule has 29 heavy (non-hydrogen) atoms. The van der Waals surface area contributed by atoms with Gasteiger partial charge in [0, 0.05) is 11.1 Å². The molecule has 152 valence electrons. The number of nitrogens with zero attached hydrogens (tertiary/aromatic N) is 2. The van der Waals surface area contributed by atoms with Crippen molar-refractivity contribution in [1.29, 1.82) is 0 Å². The maximum atomic E-state index is 12.6. The van der Waals surface area contributed by atoms with Crippen LogP contribution in [0.3, 0.4) is 0 Å². The second-order valence-electron chi connectivity index (χ2n) is 7.09. The molecule has 0 N–H and O–H groups in total. The van der Waals surface area contributed by atoms with Gasteiger partial charge >= 0.3 is 5.97 Å². The summed E-state index contributed by atoms with van der Waals surface area (Å²) in [6.45, 7) is 6.09. The lowest BCUT2D eigenvalue weighted by Gasteiger charge is -2.22. The Morgan fingerprint density at radius 1 is 1.28 bits per heavy atom. The number of benzene rings is 1. The summed E-state index contributed by atoms with van der Waals surface area (Å²) in [5.41, 5.74) is 4.40. The lowest BCUT2D eigenvalue weighted by molar-refractivity contribution is 0.0517.